The molecule has 0 amide bonds. The fourth-order valence-corrected chi connectivity index (χ4v) is 3.13. The lowest BCUT2D eigenvalue weighted by molar-refractivity contribution is 0.281. The van der Waals surface area contributed by atoms with Gasteiger partial charge in [-0.25, -0.2) is 0 Å². The van der Waals surface area contributed by atoms with Gasteiger partial charge in [-0.15, -0.1) is 0 Å². The summed E-state index contributed by atoms with van der Waals surface area (Å²) in [5.41, 5.74) is 3.69. The van der Waals surface area contributed by atoms with Crippen molar-refractivity contribution in [1.29, 1.82) is 0 Å². The van der Waals surface area contributed by atoms with E-state index in [1.165, 1.54) is 17.5 Å². The topological polar surface area (TPSA) is 32.7 Å². The molecule has 2 aromatic carbocycles. The second-order valence-electron chi connectivity index (χ2n) is 5.97. The van der Waals surface area contributed by atoms with E-state index in [1.807, 2.05) is 24.3 Å². The molecule has 0 spiro atoms. The molecular formula is C19H23NO2. The van der Waals surface area contributed by atoms with Crippen molar-refractivity contribution in [2.24, 2.45) is 0 Å². The van der Waals surface area contributed by atoms with E-state index in [4.69, 9.17) is 9.84 Å². The van der Waals surface area contributed by atoms with Gasteiger partial charge in [-0.2, -0.15) is 0 Å². The molecule has 116 valence electrons. The molecule has 1 saturated heterocycles. The van der Waals surface area contributed by atoms with Gasteiger partial charge < -0.3 is 9.84 Å². The van der Waals surface area contributed by atoms with Crippen LogP contribution in [0, 0.1) is 0 Å². The van der Waals surface area contributed by atoms with Crippen LogP contribution in [0.5, 0.6) is 5.75 Å². The molecule has 3 rings (SSSR count). The van der Waals surface area contributed by atoms with Gasteiger partial charge >= 0.3 is 0 Å². The number of nitrogens with zero attached hydrogens (tertiary/aromatic N) is 1. The number of rotatable bonds is 5. The summed E-state index contributed by atoms with van der Waals surface area (Å²) in [4.78, 5) is 2.50. The van der Waals surface area contributed by atoms with Crippen molar-refractivity contribution in [3.8, 4) is 5.75 Å². The van der Waals surface area contributed by atoms with Crippen LogP contribution < -0.4 is 4.74 Å². The van der Waals surface area contributed by atoms with Crippen molar-refractivity contribution in [2.75, 3.05) is 20.2 Å². The molecule has 1 atom stereocenters. The monoisotopic (exact) mass is 297 g/mol. The Labute approximate surface area is 132 Å². The average molecular weight is 297 g/mol. The van der Waals surface area contributed by atoms with Gasteiger partial charge in [0.25, 0.3) is 0 Å². The van der Waals surface area contributed by atoms with Gasteiger partial charge in [-0.1, -0.05) is 36.4 Å². The summed E-state index contributed by atoms with van der Waals surface area (Å²) in [7, 11) is 1.70. The van der Waals surface area contributed by atoms with Crippen molar-refractivity contribution in [2.45, 2.75) is 25.5 Å². The van der Waals surface area contributed by atoms with Crippen LogP contribution in [-0.2, 0) is 13.2 Å². The lowest BCUT2D eigenvalue weighted by atomic mass is 9.98. The highest BCUT2D eigenvalue weighted by molar-refractivity contribution is 5.30. The summed E-state index contributed by atoms with van der Waals surface area (Å²) < 4.78 is 5.22. The molecule has 0 aliphatic carbocycles. The van der Waals surface area contributed by atoms with Crippen LogP contribution in [0.1, 0.15) is 29.0 Å². The summed E-state index contributed by atoms with van der Waals surface area (Å²) >= 11 is 0. The Morgan fingerprint density at radius 1 is 1.05 bits per heavy atom. The van der Waals surface area contributed by atoms with Crippen molar-refractivity contribution in [1.82, 2.24) is 4.90 Å². The van der Waals surface area contributed by atoms with Gasteiger partial charge in [0.15, 0.2) is 0 Å². The first kappa shape index (κ1) is 15.1. The first-order chi connectivity index (χ1) is 10.8. The van der Waals surface area contributed by atoms with E-state index in [9.17, 15) is 0 Å². The van der Waals surface area contributed by atoms with E-state index in [0.29, 0.717) is 5.92 Å². The zero-order chi connectivity index (χ0) is 15.4. The van der Waals surface area contributed by atoms with Crippen LogP contribution in [0.25, 0.3) is 0 Å². The molecule has 3 heteroatoms. The van der Waals surface area contributed by atoms with Crippen molar-refractivity contribution < 1.29 is 9.84 Å². The van der Waals surface area contributed by atoms with Crippen LogP contribution in [-0.4, -0.2) is 30.2 Å². The minimum absolute atomic E-state index is 0.115. The van der Waals surface area contributed by atoms with E-state index in [-0.39, 0.29) is 6.61 Å². The minimum atomic E-state index is 0.115. The predicted octanol–water partition coefficient (Wildman–Crippen LogP) is 3.18. The molecule has 0 aromatic heterocycles. The second kappa shape index (κ2) is 6.95. The Morgan fingerprint density at radius 2 is 1.73 bits per heavy atom. The highest BCUT2D eigenvalue weighted by Crippen LogP contribution is 2.29. The van der Waals surface area contributed by atoms with Crippen LogP contribution in [0.2, 0.25) is 0 Å². The Hall–Kier alpha value is -1.84. The Balaban J connectivity index is 1.59. The fraction of sp³-hybridized carbons (Fsp3) is 0.368. The lowest BCUT2D eigenvalue weighted by Gasteiger charge is -2.16. The van der Waals surface area contributed by atoms with E-state index in [1.54, 1.807) is 7.11 Å². The Kier molecular flexibility index (Phi) is 4.76. The zero-order valence-corrected chi connectivity index (χ0v) is 13.0. The number of hydrogen-bond acceptors (Lipinski definition) is 3. The molecule has 1 heterocycles. The molecule has 1 aliphatic heterocycles. The highest BCUT2D eigenvalue weighted by atomic mass is 16.5. The van der Waals surface area contributed by atoms with E-state index in [0.717, 1.165) is 30.9 Å². The number of aliphatic hydroxyl groups excluding tert-OH is 1. The Morgan fingerprint density at radius 3 is 2.36 bits per heavy atom. The van der Waals surface area contributed by atoms with Crippen molar-refractivity contribution in [3.63, 3.8) is 0 Å². The van der Waals surface area contributed by atoms with Gasteiger partial charge in [0.05, 0.1) is 13.7 Å². The first-order valence-corrected chi connectivity index (χ1v) is 7.83. The van der Waals surface area contributed by atoms with Crippen molar-refractivity contribution >= 4 is 0 Å². The van der Waals surface area contributed by atoms with Gasteiger partial charge in [0, 0.05) is 13.1 Å². The molecule has 0 bridgehead atoms. The van der Waals surface area contributed by atoms with Crippen LogP contribution in [0.3, 0.4) is 0 Å². The average Bonchev–Trinajstić information content (AvgIpc) is 3.04. The fourth-order valence-electron chi connectivity index (χ4n) is 3.13. The molecule has 3 nitrogen and oxygen atoms in total. The number of hydrogen-bond donors (Lipinski definition) is 1. The van der Waals surface area contributed by atoms with E-state index < -0.39 is 0 Å². The van der Waals surface area contributed by atoms with Crippen LogP contribution >= 0.6 is 0 Å². The molecule has 22 heavy (non-hydrogen) atoms. The molecule has 0 saturated carbocycles. The first-order valence-electron chi connectivity index (χ1n) is 7.83. The Bertz CT molecular complexity index is 592. The summed E-state index contributed by atoms with van der Waals surface area (Å²) in [6, 6.07) is 16.7. The standard InChI is InChI=1S/C19H23NO2/c1-22-19-8-6-17(7-9-19)18-10-11-20(13-18)12-15-2-4-16(14-21)5-3-15/h2-9,18,21H,10-14H2,1H3. The molecular weight excluding hydrogens is 274 g/mol. The zero-order valence-electron chi connectivity index (χ0n) is 13.0. The summed E-state index contributed by atoms with van der Waals surface area (Å²) in [5, 5.41) is 9.09. The molecule has 0 radical (unpaired) electrons. The third-order valence-electron chi connectivity index (χ3n) is 4.47. The third-order valence-corrected chi connectivity index (χ3v) is 4.47. The van der Waals surface area contributed by atoms with E-state index >= 15 is 0 Å². The number of methoxy groups -OCH3 is 1. The summed E-state index contributed by atoms with van der Waals surface area (Å²) in [6.45, 7) is 3.34. The largest absolute Gasteiger partial charge is 0.497 e. The number of aliphatic hydroxyl groups is 1. The molecule has 1 unspecified atom stereocenters. The van der Waals surface area contributed by atoms with Gasteiger partial charge in [0.2, 0.25) is 0 Å². The predicted molar refractivity (Wildman–Crippen MR) is 88.0 cm³/mol. The molecule has 1 aliphatic rings. The van der Waals surface area contributed by atoms with Crippen molar-refractivity contribution in [3.05, 3.63) is 65.2 Å². The minimum Gasteiger partial charge on any atom is -0.497 e. The third kappa shape index (κ3) is 3.49. The maximum absolute atomic E-state index is 9.09. The quantitative estimate of drug-likeness (QED) is 0.920. The normalized spacial score (nSPS) is 18.5. The molecule has 1 fully saturated rings. The number of benzene rings is 2. The number of likely N-dealkylation sites (tertiary alicyclic amines) is 1. The maximum atomic E-state index is 9.09. The van der Waals surface area contributed by atoms with Crippen LogP contribution in [0.4, 0.5) is 0 Å². The van der Waals surface area contributed by atoms with Gasteiger partial charge in [-0.05, 0) is 47.7 Å². The maximum Gasteiger partial charge on any atom is 0.118 e. The molecule has 2 aromatic rings. The number of ether oxygens (including phenoxy) is 1. The van der Waals surface area contributed by atoms with E-state index in [2.05, 4.69) is 29.2 Å². The second-order valence-corrected chi connectivity index (χ2v) is 5.97. The smallest absolute Gasteiger partial charge is 0.118 e. The van der Waals surface area contributed by atoms with Crippen LogP contribution in [0.15, 0.2) is 48.5 Å². The lowest BCUT2D eigenvalue weighted by Crippen LogP contribution is -2.19. The van der Waals surface area contributed by atoms with Gasteiger partial charge in [-0.3, -0.25) is 4.90 Å². The highest BCUT2D eigenvalue weighted by Gasteiger charge is 2.23. The molecule has 1 N–H and O–H groups in total. The summed E-state index contributed by atoms with van der Waals surface area (Å²) in [5.74, 6) is 1.53. The SMILES string of the molecule is COc1ccc(C2CCN(Cc3ccc(CO)cc3)C2)cc1. The summed E-state index contributed by atoms with van der Waals surface area (Å²) in [6.07, 6.45) is 1.21. The van der Waals surface area contributed by atoms with Gasteiger partial charge in [0.1, 0.15) is 5.75 Å².